The Morgan fingerprint density at radius 2 is 1.52 bits per heavy atom. The SMILES string of the molecule is CC(C)(C)OC(=O)N1CCC(=O)C(C(c2ccccc2)c2ccccc2)C1. The number of ether oxygens (including phenoxy) is 1. The van der Waals surface area contributed by atoms with E-state index in [1.54, 1.807) is 4.90 Å². The third kappa shape index (κ3) is 4.76. The van der Waals surface area contributed by atoms with Gasteiger partial charge in [-0.15, -0.1) is 0 Å². The second-order valence-corrected chi connectivity index (χ2v) is 8.05. The number of rotatable bonds is 3. The maximum absolute atomic E-state index is 12.9. The van der Waals surface area contributed by atoms with Gasteiger partial charge in [-0.05, 0) is 31.9 Å². The summed E-state index contributed by atoms with van der Waals surface area (Å²) in [6.07, 6.45) is 0.0138. The predicted octanol–water partition coefficient (Wildman–Crippen LogP) is 4.64. The predicted molar refractivity (Wildman–Crippen MR) is 106 cm³/mol. The van der Waals surface area contributed by atoms with Crippen molar-refractivity contribution in [1.82, 2.24) is 4.90 Å². The van der Waals surface area contributed by atoms with E-state index in [2.05, 4.69) is 24.3 Å². The summed E-state index contributed by atoms with van der Waals surface area (Å²) in [7, 11) is 0. The first-order valence-corrected chi connectivity index (χ1v) is 9.46. The van der Waals surface area contributed by atoms with E-state index in [-0.39, 0.29) is 23.7 Å². The molecule has 142 valence electrons. The van der Waals surface area contributed by atoms with Gasteiger partial charge in [0.15, 0.2) is 0 Å². The lowest BCUT2D eigenvalue weighted by atomic mass is 9.76. The molecule has 2 aromatic carbocycles. The fraction of sp³-hybridized carbons (Fsp3) is 0.391. The van der Waals surface area contributed by atoms with E-state index in [1.807, 2.05) is 57.2 Å². The molecule has 1 saturated heterocycles. The summed E-state index contributed by atoms with van der Waals surface area (Å²) in [5, 5.41) is 0. The third-order valence-electron chi connectivity index (χ3n) is 4.83. The minimum atomic E-state index is -0.549. The van der Waals surface area contributed by atoms with Crippen LogP contribution in [-0.2, 0) is 9.53 Å². The number of nitrogens with zero attached hydrogens (tertiary/aromatic N) is 1. The van der Waals surface area contributed by atoms with Crippen LogP contribution in [0.4, 0.5) is 4.79 Å². The molecule has 3 rings (SSSR count). The number of amides is 1. The summed E-state index contributed by atoms with van der Waals surface area (Å²) in [6, 6.07) is 20.1. The van der Waals surface area contributed by atoms with E-state index in [9.17, 15) is 9.59 Å². The molecule has 2 aromatic rings. The minimum Gasteiger partial charge on any atom is -0.444 e. The summed E-state index contributed by atoms with van der Waals surface area (Å²) in [5.74, 6) is -0.159. The molecule has 4 heteroatoms. The van der Waals surface area contributed by atoms with Gasteiger partial charge in [-0.1, -0.05) is 60.7 Å². The molecule has 0 spiro atoms. The molecule has 4 nitrogen and oxygen atoms in total. The number of hydrogen-bond acceptors (Lipinski definition) is 3. The number of carbonyl (C=O) groups excluding carboxylic acids is 2. The summed E-state index contributed by atoms with van der Waals surface area (Å²) in [5.41, 5.74) is 1.63. The zero-order valence-electron chi connectivity index (χ0n) is 16.2. The Labute approximate surface area is 161 Å². The molecule has 0 N–H and O–H groups in total. The van der Waals surface area contributed by atoms with Crippen molar-refractivity contribution in [1.29, 1.82) is 0 Å². The Bertz CT molecular complexity index is 741. The number of Topliss-reactive ketones (excluding diaryl/α,β-unsaturated/α-hetero) is 1. The van der Waals surface area contributed by atoms with Crippen LogP contribution in [0.3, 0.4) is 0 Å². The van der Waals surface area contributed by atoms with Gasteiger partial charge in [0.25, 0.3) is 0 Å². The number of likely N-dealkylation sites (tertiary alicyclic amines) is 1. The van der Waals surface area contributed by atoms with Crippen LogP contribution in [0.25, 0.3) is 0 Å². The Balaban J connectivity index is 1.91. The second-order valence-electron chi connectivity index (χ2n) is 8.05. The maximum atomic E-state index is 12.9. The van der Waals surface area contributed by atoms with Crippen molar-refractivity contribution in [2.24, 2.45) is 5.92 Å². The highest BCUT2D eigenvalue weighted by molar-refractivity contribution is 5.85. The fourth-order valence-electron chi connectivity index (χ4n) is 3.62. The molecular weight excluding hydrogens is 338 g/mol. The lowest BCUT2D eigenvalue weighted by Crippen LogP contribution is -2.47. The first-order chi connectivity index (χ1) is 12.8. The molecular formula is C23H27NO3. The molecule has 1 aliphatic heterocycles. The van der Waals surface area contributed by atoms with Crippen molar-refractivity contribution in [3.05, 3.63) is 71.8 Å². The van der Waals surface area contributed by atoms with Crippen molar-refractivity contribution >= 4 is 11.9 Å². The van der Waals surface area contributed by atoms with Crippen LogP contribution < -0.4 is 0 Å². The zero-order valence-corrected chi connectivity index (χ0v) is 16.2. The van der Waals surface area contributed by atoms with Gasteiger partial charge in [0.2, 0.25) is 0 Å². The number of piperidine rings is 1. The lowest BCUT2D eigenvalue weighted by Gasteiger charge is -2.37. The van der Waals surface area contributed by atoms with Crippen LogP contribution in [0.5, 0.6) is 0 Å². The van der Waals surface area contributed by atoms with Crippen LogP contribution in [0.2, 0.25) is 0 Å². The van der Waals surface area contributed by atoms with E-state index in [1.165, 1.54) is 0 Å². The Kier molecular flexibility index (Phi) is 5.64. The summed E-state index contributed by atoms with van der Waals surface area (Å²) >= 11 is 0. The molecule has 0 bridgehead atoms. The second kappa shape index (κ2) is 7.95. The van der Waals surface area contributed by atoms with Crippen molar-refractivity contribution in [3.8, 4) is 0 Å². The van der Waals surface area contributed by atoms with Crippen LogP contribution in [0.15, 0.2) is 60.7 Å². The maximum Gasteiger partial charge on any atom is 0.410 e. The van der Waals surface area contributed by atoms with E-state index < -0.39 is 5.60 Å². The Morgan fingerprint density at radius 3 is 2.00 bits per heavy atom. The van der Waals surface area contributed by atoms with E-state index >= 15 is 0 Å². The van der Waals surface area contributed by atoms with Crippen LogP contribution >= 0.6 is 0 Å². The van der Waals surface area contributed by atoms with Gasteiger partial charge >= 0.3 is 6.09 Å². The van der Waals surface area contributed by atoms with Crippen molar-refractivity contribution < 1.29 is 14.3 Å². The number of benzene rings is 2. The highest BCUT2D eigenvalue weighted by atomic mass is 16.6. The van der Waals surface area contributed by atoms with Gasteiger partial charge in [0.05, 0.1) is 0 Å². The molecule has 0 radical (unpaired) electrons. The standard InChI is InChI=1S/C23H27NO3/c1-23(2,3)27-22(26)24-15-14-20(25)19(16-24)21(17-10-6-4-7-11-17)18-12-8-5-9-13-18/h4-13,19,21H,14-16H2,1-3H3. The van der Waals surface area contributed by atoms with Crippen molar-refractivity contribution in [2.45, 2.75) is 38.7 Å². The van der Waals surface area contributed by atoms with Gasteiger partial charge in [-0.2, -0.15) is 0 Å². The summed E-state index contributed by atoms with van der Waals surface area (Å²) in [6.45, 7) is 6.36. The first-order valence-electron chi connectivity index (χ1n) is 9.46. The third-order valence-corrected chi connectivity index (χ3v) is 4.83. The minimum absolute atomic E-state index is 0.0786. The monoisotopic (exact) mass is 365 g/mol. The van der Waals surface area contributed by atoms with Gasteiger partial charge in [0.1, 0.15) is 11.4 Å². The number of hydrogen-bond donors (Lipinski definition) is 0. The first kappa shape index (κ1) is 19.2. The average Bonchev–Trinajstić information content (AvgIpc) is 2.64. The quantitative estimate of drug-likeness (QED) is 0.796. The highest BCUT2D eigenvalue weighted by Gasteiger charge is 2.38. The van der Waals surface area contributed by atoms with Crippen molar-refractivity contribution in [2.75, 3.05) is 13.1 Å². The van der Waals surface area contributed by atoms with E-state index in [4.69, 9.17) is 4.74 Å². The Hall–Kier alpha value is -2.62. The van der Waals surface area contributed by atoms with Gasteiger partial charge in [-0.3, -0.25) is 4.79 Å². The van der Waals surface area contributed by atoms with Crippen LogP contribution in [-0.4, -0.2) is 35.5 Å². The van der Waals surface area contributed by atoms with Gasteiger partial charge in [-0.25, -0.2) is 4.79 Å². The fourth-order valence-corrected chi connectivity index (χ4v) is 3.62. The van der Waals surface area contributed by atoms with Crippen LogP contribution in [0.1, 0.15) is 44.2 Å². The molecule has 0 aliphatic carbocycles. The molecule has 0 saturated carbocycles. The normalized spacial score (nSPS) is 17.9. The highest BCUT2D eigenvalue weighted by Crippen LogP contribution is 2.35. The number of ketones is 1. The van der Waals surface area contributed by atoms with Gasteiger partial charge in [0, 0.05) is 31.3 Å². The van der Waals surface area contributed by atoms with E-state index in [0.717, 1.165) is 11.1 Å². The molecule has 27 heavy (non-hydrogen) atoms. The molecule has 1 aliphatic rings. The molecule has 1 heterocycles. The molecule has 0 aromatic heterocycles. The van der Waals surface area contributed by atoms with Crippen LogP contribution in [0, 0.1) is 5.92 Å². The smallest absolute Gasteiger partial charge is 0.410 e. The summed E-state index contributed by atoms with van der Waals surface area (Å²) < 4.78 is 5.53. The molecule has 1 unspecified atom stereocenters. The molecule has 1 fully saturated rings. The van der Waals surface area contributed by atoms with Gasteiger partial charge < -0.3 is 9.64 Å². The largest absolute Gasteiger partial charge is 0.444 e. The number of carbonyl (C=O) groups is 2. The average molecular weight is 365 g/mol. The lowest BCUT2D eigenvalue weighted by molar-refractivity contribution is -0.126. The Morgan fingerprint density at radius 1 is 1.00 bits per heavy atom. The molecule has 1 amide bonds. The topological polar surface area (TPSA) is 46.6 Å². The van der Waals surface area contributed by atoms with E-state index in [0.29, 0.717) is 19.5 Å². The zero-order chi connectivity index (χ0) is 19.4. The molecule has 1 atom stereocenters. The van der Waals surface area contributed by atoms with Crippen molar-refractivity contribution in [3.63, 3.8) is 0 Å². The summed E-state index contributed by atoms with van der Waals surface area (Å²) in [4.78, 5) is 27.1.